The molecule has 154 valence electrons. The van der Waals surface area contributed by atoms with Crippen LogP contribution in [0.4, 0.5) is 5.69 Å². The lowest BCUT2D eigenvalue weighted by atomic mass is 10.2. The topological polar surface area (TPSA) is 64.7 Å². The normalized spacial score (nSPS) is 12.3. The molecule has 2 heterocycles. The molecule has 9 heteroatoms. The van der Waals surface area contributed by atoms with Gasteiger partial charge in [0.25, 0.3) is 0 Å². The summed E-state index contributed by atoms with van der Waals surface area (Å²) in [6, 6.07) is 4.93. The second kappa shape index (κ2) is 8.50. The number of hydrogen-bond acceptors (Lipinski definition) is 3. The molecule has 0 bridgehead atoms. The van der Waals surface area contributed by atoms with Gasteiger partial charge in [0, 0.05) is 15.6 Å². The molecule has 0 aliphatic carbocycles. The molecule has 0 fully saturated rings. The Hall–Kier alpha value is -1.83. The highest BCUT2D eigenvalue weighted by Gasteiger charge is 2.23. The number of carbonyl (C=O) groups excluding carboxylic acids is 1. The average Bonchev–Trinajstić information content (AvgIpc) is 3.08. The summed E-state index contributed by atoms with van der Waals surface area (Å²) in [5, 5.41) is 13.2. The standard InChI is InChI=1S/C20H22BrCl2N5O/c1-10-18(21)12(3)28(26-10)14(5)20(29)24-19-11(2)25-27(13(19)4)9-15-16(22)7-6-8-17(15)23/h6-8,14H,9H2,1-5H3,(H,24,29). The van der Waals surface area contributed by atoms with Crippen LogP contribution in [0.1, 0.15) is 41.3 Å². The fraction of sp³-hybridized carbons (Fsp3) is 0.350. The Bertz CT molecular complexity index is 1070. The van der Waals surface area contributed by atoms with Gasteiger partial charge in [-0.05, 0) is 62.7 Å². The van der Waals surface area contributed by atoms with Gasteiger partial charge in [-0.2, -0.15) is 10.2 Å². The molecule has 1 atom stereocenters. The van der Waals surface area contributed by atoms with Crippen LogP contribution in [0.2, 0.25) is 10.0 Å². The van der Waals surface area contributed by atoms with E-state index in [-0.39, 0.29) is 5.91 Å². The van der Waals surface area contributed by atoms with Crippen molar-refractivity contribution in [3.05, 3.63) is 61.1 Å². The SMILES string of the molecule is Cc1nn(C(C)C(=O)Nc2c(C)nn(Cc3c(Cl)cccc3Cl)c2C)c(C)c1Br. The quantitative estimate of drug-likeness (QED) is 0.495. The Morgan fingerprint density at radius 1 is 1.10 bits per heavy atom. The van der Waals surface area contributed by atoms with E-state index in [2.05, 4.69) is 31.4 Å². The van der Waals surface area contributed by atoms with Crippen LogP contribution >= 0.6 is 39.1 Å². The fourth-order valence-electron chi connectivity index (χ4n) is 3.22. The lowest BCUT2D eigenvalue weighted by Gasteiger charge is -2.15. The first kappa shape index (κ1) is 21.9. The van der Waals surface area contributed by atoms with Crippen LogP contribution in [0.25, 0.3) is 0 Å². The molecular formula is C20H22BrCl2N5O. The third kappa shape index (κ3) is 4.22. The summed E-state index contributed by atoms with van der Waals surface area (Å²) in [6.45, 7) is 9.83. The summed E-state index contributed by atoms with van der Waals surface area (Å²) in [4.78, 5) is 12.9. The molecule has 0 radical (unpaired) electrons. The van der Waals surface area contributed by atoms with E-state index < -0.39 is 6.04 Å². The fourth-order valence-corrected chi connectivity index (χ4v) is 4.00. The monoisotopic (exact) mass is 497 g/mol. The molecular weight excluding hydrogens is 477 g/mol. The molecule has 6 nitrogen and oxygen atoms in total. The minimum atomic E-state index is -0.472. The number of nitrogens with one attached hydrogen (secondary N) is 1. The van der Waals surface area contributed by atoms with Crippen molar-refractivity contribution in [2.24, 2.45) is 0 Å². The number of nitrogens with zero attached hydrogens (tertiary/aromatic N) is 4. The van der Waals surface area contributed by atoms with Crippen LogP contribution in [-0.4, -0.2) is 25.5 Å². The van der Waals surface area contributed by atoms with Gasteiger partial charge in [0.15, 0.2) is 0 Å². The smallest absolute Gasteiger partial charge is 0.249 e. The molecule has 0 aliphatic rings. The van der Waals surface area contributed by atoms with Gasteiger partial charge < -0.3 is 5.32 Å². The summed E-state index contributed by atoms with van der Waals surface area (Å²) in [6.07, 6.45) is 0. The van der Waals surface area contributed by atoms with Crippen molar-refractivity contribution in [3.8, 4) is 0 Å². The number of anilines is 1. The third-order valence-electron chi connectivity index (χ3n) is 4.98. The zero-order valence-corrected chi connectivity index (χ0v) is 19.9. The Labute approximate surface area is 188 Å². The molecule has 3 aromatic rings. The minimum absolute atomic E-state index is 0.162. The van der Waals surface area contributed by atoms with E-state index in [0.29, 0.717) is 22.3 Å². The molecule has 2 aromatic heterocycles. The van der Waals surface area contributed by atoms with Gasteiger partial charge in [-0.25, -0.2) is 0 Å². The molecule has 0 saturated heterocycles. The lowest BCUT2D eigenvalue weighted by molar-refractivity contribution is -0.119. The van der Waals surface area contributed by atoms with Gasteiger partial charge >= 0.3 is 0 Å². The zero-order valence-electron chi connectivity index (χ0n) is 16.8. The number of aryl methyl sites for hydroxylation is 2. The van der Waals surface area contributed by atoms with Crippen LogP contribution in [0, 0.1) is 27.7 Å². The molecule has 1 N–H and O–H groups in total. The third-order valence-corrected chi connectivity index (χ3v) is 6.84. The first-order chi connectivity index (χ1) is 13.6. The van der Waals surface area contributed by atoms with Crippen LogP contribution in [-0.2, 0) is 11.3 Å². The van der Waals surface area contributed by atoms with E-state index in [1.807, 2.05) is 34.6 Å². The van der Waals surface area contributed by atoms with Crippen molar-refractivity contribution in [1.82, 2.24) is 19.6 Å². The summed E-state index contributed by atoms with van der Waals surface area (Å²) >= 11 is 16.1. The number of rotatable bonds is 5. The highest BCUT2D eigenvalue weighted by Crippen LogP contribution is 2.28. The molecule has 3 rings (SSSR count). The largest absolute Gasteiger partial charge is 0.321 e. The summed E-state index contributed by atoms with van der Waals surface area (Å²) in [7, 11) is 0. The van der Waals surface area contributed by atoms with Gasteiger partial charge in [-0.1, -0.05) is 29.3 Å². The van der Waals surface area contributed by atoms with Crippen molar-refractivity contribution in [3.63, 3.8) is 0 Å². The van der Waals surface area contributed by atoms with E-state index in [1.165, 1.54) is 0 Å². The second-order valence-corrected chi connectivity index (χ2v) is 8.61. The predicted octanol–water partition coefficient (Wildman–Crippen LogP) is 5.63. The minimum Gasteiger partial charge on any atom is -0.321 e. The predicted molar refractivity (Wildman–Crippen MR) is 120 cm³/mol. The molecule has 0 saturated carbocycles. The van der Waals surface area contributed by atoms with Crippen molar-refractivity contribution in [2.45, 2.75) is 47.2 Å². The van der Waals surface area contributed by atoms with Gasteiger partial charge in [-0.3, -0.25) is 14.2 Å². The summed E-state index contributed by atoms with van der Waals surface area (Å²) in [5.74, 6) is -0.162. The Balaban J connectivity index is 1.85. The zero-order chi connectivity index (χ0) is 21.5. The molecule has 0 spiro atoms. The summed E-state index contributed by atoms with van der Waals surface area (Å²) in [5.41, 5.74) is 4.78. The van der Waals surface area contributed by atoms with Crippen molar-refractivity contribution in [1.29, 1.82) is 0 Å². The summed E-state index contributed by atoms with van der Waals surface area (Å²) < 4.78 is 4.42. The molecule has 1 aromatic carbocycles. The van der Waals surface area contributed by atoms with Gasteiger partial charge in [0.2, 0.25) is 5.91 Å². The number of carbonyl (C=O) groups is 1. The average molecular weight is 499 g/mol. The molecule has 0 aliphatic heterocycles. The maximum atomic E-state index is 12.9. The van der Waals surface area contributed by atoms with Crippen molar-refractivity contribution >= 4 is 50.7 Å². The maximum Gasteiger partial charge on any atom is 0.249 e. The van der Waals surface area contributed by atoms with Crippen molar-refractivity contribution in [2.75, 3.05) is 5.32 Å². The highest BCUT2D eigenvalue weighted by atomic mass is 79.9. The Morgan fingerprint density at radius 2 is 1.72 bits per heavy atom. The first-order valence-electron chi connectivity index (χ1n) is 9.10. The first-order valence-corrected chi connectivity index (χ1v) is 10.7. The van der Waals surface area contributed by atoms with Gasteiger partial charge in [0.1, 0.15) is 6.04 Å². The number of hydrogen-bond donors (Lipinski definition) is 1. The second-order valence-electron chi connectivity index (χ2n) is 7.00. The molecule has 1 unspecified atom stereocenters. The van der Waals surface area contributed by atoms with E-state index in [1.54, 1.807) is 27.6 Å². The number of halogens is 3. The van der Waals surface area contributed by atoms with Crippen LogP contribution in [0.3, 0.4) is 0 Å². The van der Waals surface area contributed by atoms with E-state index in [4.69, 9.17) is 23.2 Å². The molecule has 29 heavy (non-hydrogen) atoms. The van der Waals surface area contributed by atoms with Crippen LogP contribution < -0.4 is 5.32 Å². The number of benzene rings is 1. The number of aromatic nitrogens is 4. The Kier molecular flexibility index (Phi) is 6.41. The van der Waals surface area contributed by atoms with Crippen LogP contribution in [0.15, 0.2) is 22.7 Å². The highest BCUT2D eigenvalue weighted by molar-refractivity contribution is 9.10. The van der Waals surface area contributed by atoms with E-state index >= 15 is 0 Å². The number of amides is 1. The lowest BCUT2D eigenvalue weighted by Crippen LogP contribution is -2.25. The van der Waals surface area contributed by atoms with Gasteiger partial charge in [-0.15, -0.1) is 0 Å². The molecule has 1 amide bonds. The maximum absolute atomic E-state index is 12.9. The Morgan fingerprint density at radius 3 is 2.28 bits per heavy atom. The van der Waals surface area contributed by atoms with Crippen LogP contribution in [0.5, 0.6) is 0 Å². The van der Waals surface area contributed by atoms with E-state index in [9.17, 15) is 4.79 Å². The van der Waals surface area contributed by atoms with Gasteiger partial charge in [0.05, 0.1) is 39.5 Å². The van der Waals surface area contributed by atoms with Crippen molar-refractivity contribution < 1.29 is 4.79 Å². The van der Waals surface area contributed by atoms with E-state index in [0.717, 1.165) is 32.8 Å².